The van der Waals surface area contributed by atoms with E-state index in [1.807, 2.05) is 6.92 Å². The number of benzene rings is 1. The van der Waals surface area contributed by atoms with Crippen LogP contribution in [-0.2, 0) is 14.8 Å². The number of amides is 1. The SMILES string of the molecule is C[C@H](CNS(=O)(=O)c1cccc(F)c1)CN1CCCC1=O. The molecule has 1 N–H and O–H groups in total. The van der Waals surface area contributed by atoms with Gasteiger partial charge in [0.2, 0.25) is 15.9 Å². The van der Waals surface area contributed by atoms with Crippen molar-refractivity contribution in [3.8, 4) is 0 Å². The Morgan fingerprint density at radius 2 is 2.19 bits per heavy atom. The Morgan fingerprint density at radius 1 is 1.43 bits per heavy atom. The summed E-state index contributed by atoms with van der Waals surface area (Å²) in [5.41, 5.74) is 0. The third-order valence-corrected chi connectivity index (χ3v) is 4.85. The molecule has 7 heteroatoms. The van der Waals surface area contributed by atoms with Crippen LogP contribution in [0.15, 0.2) is 29.2 Å². The van der Waals surface area contributed by atoms with E-state index in [0.29, 0.717) is 13.0 Å². The van der Waals surface area contributed by atoms with Crippen molar-refractivity contribution in [2.24, 2.45) is 5.92 Å². The smallest absolute Gasteiger partial charge is 0.240 e. The summed E-state index contributed by atoms with van der Waals surface area (Å²) in [7, 11) is -3.72. The lowest BCUT2D eigenvalue weighted by molar-refractivity contribution is -0.128. The molecule has 0 unspecified atom stereocenters. The van der Waals surface area contributed by atoms with E-state index < -0.39 is 15.8 Å². The van der Waals surface area contributed by atoms with Crippen LogP contribution in [0.1, 0.15) is 19.8 Å². The van der Waals surface area contributed by atoms with Gasteiger partial charge in [0.25, 0.3) is 0 Å². The monoisotopic (exact) mass is 314 g/mol. The van der Waals surface area contributed by atoms with Crippen LogP contribution in [0.3, 0.4) is 0 Å². The summed E-state index contributed by atoms with van der Waals surface area (Å²) in [6.07, 6.45) is 1.43. The lowest BCUT2D eigenvalue weighted by atomic mass is 10.2. The molecule has 1 fully saturated rings. The molecule has 116 valence electrons. The minimum absolute atomic E-state index is 0.00427. The molecule has 1 aromatic carbocycles. The number of hydrogen-bond donors (Lipinski definition) is 1. The number of carbonyl (C=O) groups is 1. The number of halogens is 1. The van der Waals surface area contributed by atoms with E-state index in [1.165, 1.54) is 18.2 Å². The average molecular weight is 314 g/mol. The predicted molar refractivity (Wildman–Crippen MR) is 76.6 cm³/mol. The van der Waals surface area contributed by atoms with E-state index in [9.17, 15) is 17.6 Å². The number of likely N-dealkylation sites (tertiary alicyclic amines) is 1. The van der Waals surface area contributed by atoms with Gasteiger partial charge in [-0.05, 0) is 30.5 Å². The van der Waals surface area contributed by atoms with E-state index in [0.717, 1.165) is 19.0 Å². The summed E-state index contributed by atoms with van der Waals surface area (Å²) in [4.78, 5) is 13.2. The molecule has 1 heterocycles. The normalized spacial score (nSPS) is 17.2. The van der Waals surface area contributed by atoms with Crippen LogP contribution in [0.4, 0.5) is 4.39 Å². The first-order valence-corrected chi connectivity index (χ1v) is 8.40. The van der Waals surface area contributed by atoms with Crippen molar-refractivity contribution in [2.45, 2.75) is 24.7 Å². The van der Waals surface area contributed by atoms with Crippen molar-refractivity contribution >= 4 is 15.9 Å². The highest BCUT2D eigenvalue weighted by atomic mass is 32.2. The topological polar surface area (TPSA) is 66.5 Å². The van der Waals surface area contributed by atoms with E-state index in [4.69, 9.17) is 0 Å². The van der Waals surface area contributed by atoms with Crippen molar-refractivity contribution in [3.63, 3.8) is 0 Å². The second-order valence-corrected chi connectivity index (χ2v) is 7.12. The van der Waals surface area contributed by atoms with Crippen molar-refractivity contribution in [1.82, 2.24) is 9.62 Å². The quantitative estimate of drug-likeness (QED) is 0.862. The van der Waals surface area contributed by atoms with Crippen LogP contribution < -0.4 is 4.72 Å². The number of nitrogens with one attached hydrogen (secondary N) is 1. The molecule has 2 rings (SSSR count). The highest BCUT2D eigenvalue weighted by molar-refractivity contribution is 7.89. The van der Waals surface area contributed by atoms with Gasteiger partial charge in [0.05, 0.1) is 4.90 Å². The van der Waals surface area contributed by atoms with Crippen molar-refractivity contribution < 1.29 is 17.6 Å². The van der Waals surface area contributed by atoms with Gasteiger partial charge in [0.15, 0.2) is 0 Å². The molecule has 21 heavy (non-hydrogen) atoms. The molecule has 0 aliphatic carbocycles. The summed E-state index contributed by atoms with van der Waals surface area (Å²) in [6.45, 7) is 3.35. The van der Waals surface area contributed by atoms with Gasteiger partial charge in [-0.25, -0.2) is 17.5 Å². The van der Waals surface area contributed by atoms with Gasteiger partial charge in [0.1, 0.15) is 5.82 Å². The van der Waals surface area contributed by atoms with Crippen LogP contribution in [-0.4, -0.2) is 38.9 Å². The first-order chi connectivity index (χ1) is 9.88. The fourth-order valence-electron chi connectivity index (χ4n) is 2.31. The Morgan fingerprint density at radius 3 is 2.81 bits per heavy atom. The van der Waals surface area contributed by atoms with Crippen LogP contribution in [0, 0.1) is 11.7 Å². The molecule has 0 spiro atoms. The Labute approximate surface area is 124 Å². The number of nitrogens with zero attached hydrogens (tertiary/aromatic N) is 1. The van der Waals surface area contributed by atoms with Crippen molar-refractivity contribution in [2.75, 3.05) is 19.6 Å². The first kappa shape index (κ1) is 15.9. The lowest BCUT2D eigenvalue weighted by Crippen LogP contribution is -2.36. The zero-order chi connectivity index (χ0) is 15.5. The molecule has 1 aliphatic rings. The minimum atomic E-state index is -3.72. The van der Waals surface area contributed by atoms with Gasteiger partial charge in [-0.15, -0.1) is 0 Å². The molecule has 0 bridgehead atoms. The van der Waals surface area contributed by atoms with E-state index in [1.54, 1.807) is 4.90 Å². The molecule has 1 aliphatic heterocycles. The summed E-state index contributed by atoms with van der Waals surface area (Å²) >= 11 is 0. The summed E-state index contributed by atoms with van der Waals surface area (Å²) < 4.78 is 39.6. The second kappa shape index (κ2) is 6.53. The lowest BCUT2D eigenvalue weighted by Gasteiger charge is -2.21. The summed E-state index contributed by atoms with van der Waals surface area (Å²) in [6, 6.07) is 4.88. The molecular formula is C14H19FN2O3S. The Hall–Kier alpha value is -1.47. The second-order valence-electron chi connectivity index (χ2n) is 5.36. The van der Waals surface area contributed by atoms with Gasteiger partial charge >= 0.3 is 0 Å². The Balaban J connectivity index is 1.90. The molecule has 0 radical (unpaired) electrons. The molecule has 1 amide bonds. The molecule has 1 saturated heterocycles. The molecule has 1 aromatic rings. The Kier molecular flexibility index (Phi) is 4.95. The van der Waals surface area contributed by atoms with Crippen molar-refractivity contribution in [1.29, 1.82) is 0 Å². The van der Waals surface area contributed by atoms with Crippen LogP contribution in [0.25, 0.3) is 0 Å². The molecule has 5 nitrogen and oxygen atoms in total. The maximum atomic E-state index is 13.1. The predicted octanol–water partition coefficient (Wildman–Crippen LogP) is 1.36. The minimum Gasteiger partial charge on any atom is -0.342 e. The highest BCUT2D eigenvalue weighted by Gasteiger charge is 2.23. The van der Waals surface area contributed by atoms with E-state index in [2.05, 4.69) is 4.72 Å². The maximum absolute atomic E-state index is 13.1. The van der Waals surface area contributed by atoms with Crippen LogP contribution >= 0.6 is 0 Å². The zero-order valence-electron chi connectivity index (χ0n) is 11.9. The zero-order valence-corrected chi connectivity index (χ0v) is 12.7. The van der Waals surface area contributed by atoms with Gasteiger partial charge in [0, 0.05) is 26.1 Å². The fourth-order valence-corrected chi connectivity index (χ4v) is 3.50. The van der Waals surface area contributed by atoms with Gasteiger partial charge in [-0.1, -0.05) is 13.0 Å². The van der Waals surface area contributed by atoms with Crippen LogP contribution in [0.2, 0.25) is 0 Å². The third kappa shape index (κ3) is 4.25. The van der Waals surface area contributed by atoms with E-state index >= 15 is 0 Å². The third-order valence-electron chi connectivity index (χ3n) is 3.43. The fraction of sp³-hybridized carbons (Fsp3) is 0.500. The summed E-state index contributed by atoms with van der Waals surface area (Å²) in [5.74, 6) is -0.473. The molecule has 0 aromatic heterocycles. The number of carbonyl (C=O) groups excluding carboxylic acids is 1. The highest BCUT2D eigenvalue weighted by Crippen LogP contribution is 2.13. The molecule has 0 saturated carbocycles. The number of rotatable bonds is 6. The van der Waals surface area contributed by atoms with Crippen LogP contribution in [0.5, 0.6) is 0 Å². The van der Waals surface area contributed by atoms with Crippen molar-refractivity contribution in [3.05, 3.63) is 30.1 Å². The molecule has 1 atom stereocenters. The van der Waals surface area contributed by atoms with Gasteiger partial charge in [-0.3, -0.25) is 4.79 Å². The summed E-state index contributed by atoms with van der Waals surface area (Å²) in [5, 5.41) is 0. The Bertz CT molecular complexity index is 618. The average Bonchev–Trinajstić information content (AvgIpc) is 2.82. The number of sulfonamides is 1. The standard InChI is InChI=1S/C14H19FN2O3S/c1-11(10-17-7-3-6-14(17)18)9-16-21(19,20)13-5-2-4-12(15)8-13/h2,4-5,8,11,16H,3,6-7,9-10H2,1H3/t11-/m1/s1. The van der Waals surface area contributed by atoms with E-state index in [-0.39, 0.29) is 23.3 Å². The first-order valence-electron chi connectivity index (χ1n) is 6.91. The maximum Gasteiger partial charge on any atom is 0.240 e. The van der Waals surface area contributed by atoms with Gasteiger partial charge in [-0.2, -0.15) is 0 Å². The number of hydrogen-bond acceptors (Lipinski definition) is 3. The van der Waals surface area contributed by atoms with Gasteiger partial charge < -0.3 is 4.90 Å². The molecular weight excluding hydrogens is 295 g/mol. The largest absolute Gasteiger partial charge is 0.342 e.